The van der Waals surface area contributed by atoms with Gasteiger partial charge in [-0.25, -0.2) is 5.90 Å². The molecule has 0 bridgehead atoms. The molecular weight excluding hydrogens is 154 g/mol. The number of rotatable bonds is 2. The highest BCUT2D eigenvalue weighted by atomic mass is 16.8. The Balaban J connectivity index is 2.53. The third-order valence-corrected chi connectivity index (χ3v) is 1.63. The monoisotopic (exact) mass is 165 g/mol. The molecule has 0 aromatic carbocycles. The molecule has 0 aliphatic carbocycles. The van der Waals surface area contributed by atoms with Crippen LogP contribution in [0.25, 0.3) is 0 Å². The van der Waals surface area contributed by atoms with Crippen molar-refractivity contribution in [2.24, 2.45) is 5.90 Å². The van der Waals surface area contributed by atoms with Gasteiger partial charge in [0.15, 0.2) is 0 Å². The molecule has 1 fully saturated rings. The second-order valence-electron chi connectivity index (χ2n) is 2.34. The van der Waals surface area contributed by atoms with Gasteiger partial charge in [-0.05, 0) is 0 Å². The Morgan fingerprint density at radius 1 is 1.36 bits per heavy atom. The van der Waals surface area contributed by atoms with Gasteiger partial charge in [-0.2, -0.15) is 0 Å². The minimum Gasteiger partial charge on any atom is -0.394 e. The predicted octanol–water partition coefficient (Wildman–Crippen LogP) is -2.68. The maximum Gasteiger partial charge on any atom is 0.206 e. The van der Waals surface area contributed by atoms with Crippen molar-refractivity contribution in [1.29, 1.82) is 0 Å². The molecule has 0 spiro atoms. The molecule has 66 valence electrons. The van der Waals surface area contributed by atoms with Crippen LogP contribution >= 0.6 is 0 Å². The predicted molar refractivity (Wildman–Crippen MR) is 33.0 cm³/mol. The molecule has 0 unspecified atom stereocenters. The van der Waals surface area contributed by atoms with Gasteiger partial charge in [-0.1, -0.05) is 0 Å². The lowest BCUT2D eigenvalue weighted by atomic mass is 10.1. The number of hydrogen-bond acceptors (Lipinski definition) is 6. The van der Waals surface area contributed by atoms with Gasteiger partial charge in [0.2, 0.25) is 6.29 Å². The highest BCUT2D eigenvalue weighted by Gasteiger charge is 2.42. The Kier molecular flexibility index (Phi) is 2.77. The van der Waals surface area contributed by atoms with Crippen molar-refractivity contribution in [3.05, 3.63) is 0 Å². The summed E-state index contributed by atoms with van der Waals surface area (Å²) in [4.78, 5) is 4.18. The molecule has 0 aromatic heterocycles. The zero-order valence-corrected chi connectivity index (χ0v) is 5.75. The molecule has 5 N–H and O–H groups in total. The Labute approximate surface area is 63.1 Å². The summed E-state index contributed by atoms with van der Waals surface area (Å²) in [5, 5.41) is 26.7. The van der Waals surface area contributed by atoms with E-state index in [9.17, 15) is 0 Å². The van der Waals surface area contributed by atoms with Gasteiger partial charge in [-0.3, -0.25) is 4.84 Å². The van der Waals surface area contributed by atoms with Crippen molar-refractivity contribution in [1.82, 2.24) is 0 Å². The molecular formula is C5H11NO5. The maximum absolute atomic E-state index is 9.09. The topological polar surface area (TPSA) is 105 Å². The lowest BCUT2D eigenvalue weighted by molar-refractivity contribution is -0.171. The first-order valence-corrected chi connectivity index (χ1v) is 3.18. The number of ether oxygens (including phenoxy) is 1. The van der Waals surface area contributed by atoms with Crippen LogP contribution in [0.1, 0.15) is 0 Å². The van der Waals surface area contributed by atoms with Gasteiger partial charge in [-0.15, -0.1) is 0 Å². The van der Waals surface area contributed by atoms with Gasteiger partial charge >= 0.3 is 0 Å². The summed E-state index contributed by atoms with van der Waals surface area (Å²) in [5.41, 5.74) is 0. The first-order valence-electron chi connectivity index (χ1n) is 3.18. The quantitative estimate of drug-likeness (QED) is 0.332. The number of aliphatic hydroxyl groups excluding tert-OH is 3. The lowest BCUT2D eigenvalue weighted by Gasteiger charge is -2.10. The SMILES string of the molecule is NO[C@H]1O[C@H](CO)[C@@H](O)[C@H]1O. The van der Waals surface area contributed by atoms with E-state index in [0.29, 0.717) is 0 Å². The van der Waals surface area contributed by atoms with Crippen molar-refractivity contribution >= 4 is 0 Å². The van der Waals surface area contributed by atoms with Gasteiger partial charge in [0.1, 0.15) is 18.3 Å². The van der Waals surface area contributed by atoms with Crippen molar-refractivity contribution in [3.8, 4) is 0 Å². The Hall–Kier alpha value is -0.240. The minimum atomic E-state index is -1.20. The summed E-state index contributed by atoms with van der Waals surface area (Å²) in [6.07, 6.45) is -4.22. The van der Waals surface area contributed by atoms with Crippen molar-refractivity contribution in [3.63, 3.8) is 0 Å². The zero-order valence-electron chi connectivity index (χ0n) is 5.75. The van der Waals surface area contributed by atoms with Crippen LogP contribution in [-0.2, 0) is 9.57 Å². The summed E-state index contributed by atoms with van der Waals surface area (Å²) in [5.74, 6) is 4.73. The van der Waals surface area contributed by atoms with Crippen LogP contribution in [0.5, 0.6) is 0 Å². The molecule has 0 aromatic rings. The highest BCUT2D eigenvalue weighted by Crippen LogP contribution is 2.20. The van der Waals surface area contributed by atoms with Crippen molar-refractivity contribution in [2.75, 3.05) is 6.61 Å². The van der Waals surface area contributed by atoms with E-state index in [1.54, 1.807) is 0 Å². The van der Waals surface area contributed by atoms with E-state index in [2.05, 4.69) is 4.84 Å². The fourth-order valence-corrected chi connectivity index (χ4v) is 0.978. The Bertz CT molecular complexity index is 114. The second-order valence-corrected chi connectivity index (χ2v) is 2.34. The molecule has 1 heterocycles. The largest absolute Gasteiger partial charge is 0.394 e. The van der Waals surface area contributed by atoms with Crippen LogP contribution in [0.3, 0.4) is 0 Å². The molecule has 0 radical (unpaired) electrons. The number of hydrogen-bond donors (Lipinski definition) is 4. The van der Waals surface area contributed by atoms with E-state index < -0.39 is 24.6 Å². The van der Waals surface area contributed by atoms with Crippen LogP contribution in [0.4, 0.5) is 0 Å². The van der Waals surface area contributed by atoms with Crippen LogP contribution < -0.4 is 5.90 Å². The van der Waals surface area contributed by atoms with Gasteiger partial charge in [0.05, 0.1) is 6.61 Å². The van der Waals surface area contributed by atoms with E-state index in [-0.39, 0.29) is 6.61 Å². The normalized spacial score (nSPS) is 44.7. The molecule has 0 saturated carbocycles. The second kappa shape index (κ2) is 3.44. The minimum absolute atomic E-state index is 0.377. The molecule has 0 amide bonds. The van der Waals surface area contributed by atoms with Crippen LogP contribution in [0, 0.1) is 0 Å². The molecule has 4 atom stereocenters. The van der Waals surface area contributed by atoms with Gasteiger partial charge in [0, 0.05) is 0 Å². The van der Waals surface area contributed by atoms with E-state index in [1.807, 2.05) is 0 Å². The lowest BCUT2D eigenvalue weighted by Crippen LogP contribution is -2.35. The van der Waals surface area contributed by atoms with Gasteiger partial charge in [0.25, 0.3) is 0 Å². The van der Waals surface area contributed by atoms with E-state index in [4.69, 9.17) is 26.0 Å². The molecule has 1 rings (SSSR count). The van der Waals surface area contributed by atoms with E-state index >= 15 is 0 Å². The van der Waals surface area contributed by atoms with E-state index in [1.165, 1.54) is 0 Å². The number of nitrogens with two attached hydrogens (primary N) is 1. The summed E-state index contributed by atoms with van der Waals surface area (Å²) in [7, 11) is 0. The fraction of sp³-hybridized carbons (Fsp3) is 1.00. The molecule has 1 aliphatic rings. The maximum atomic E-state index is 9.09. The molecule has 6 heteroatoms. The van der Waals surface area contributed by atoms with Gasteiger partial charge < -0.3 is 20.1 Å². The van der Waals surface area contributed by atoms with E-state index in [0.717, 1.165) is 0 Å². The Morgan fingerprint density at radius 3 is 2.27 bits per heavy atom. The summed E-state index contributed by atoms with van der Waals surface area (Å²) in [6, 6.07) is 0. The third kappa shape index (κ3) is 1.51. The molecule has 1 aliphatic heterocycles. The smallest absolute Gasteiger partial charge is 0.206 e. The average Bonchev–Trinajstić information content (AvgIpc) is 2.30. The van der Waals surface area contributed by atoms with Crippen LogP contribution in [0.15, 0.2) is 0 Å². The fourth-order valence-electron chi connectivity index (χ4n) is 0.978. The third-order valence-electron chi connectivity index (χ3n) is 1.63. The van der Waals surface area contributed by atoms with Crippen molar-refractivity contribution < 1.29 is 24.9 Å². The summed E-state index contributed by atoms with van der Waals surface area (Å²) >= 11 is 0. The van der Waals surface area contributed by atoms with Crippen molar-refractivity contribution in [2.45, 2.75) is 24.6 Å². The number of aliphatic hydroxyl groups is 3. The zero-order chi connectivity index (χ0) is 8.43. The summed E-state index contributed by atoms with van der Waals surface area (Å²) in [6.45, 7) is -0.377. The first kappa shape index (κ1) is 8.85. The standard InChI is InChI=1S/C5H11NO5/c6-11-5-4(9)3(8)2(1-7)10-5/h2-5,7-9H,1,6H2/t2-,3-,4-,5-/m1/s1. The molecule has 11 heavy (non-hydrogen) atoms. The summed E-state index contributed by atoms with van der Waals surface area (Å²) < 4.78 is 4.79. The highest BCUT2D eigenvalue weighted by molar-refractivity contribution is 4.85. The molecule has 6 nitrogen and oxygen atoms in total. The molecule has 1 saturated heterocycles. The Morgan fingerprint density at radius 2 is 2.00 bits per heavy atom. The first-order chi connectivity index (χ1) is 5.20. The van der Waals surface area contributed by atoms with Crippen LogP contribution in [0.2, 0.25) is 0 Å². The van der Waals surface area contributed by atoms with Crippen LogP contribution in [-0.4, -0.2) is 46.5 Å². The average molecular weight is 165 g/mol.